The van der Waals surface area contributed by atoms with Gasteiger partial charge in [-0.05, 0) is 57.9 Å². The van der Waals surface area contributed by atoms with E-state index in [9.17, 15) is 0 Å². The average Bonchev–Trinajstić information content (AvgIpc) is 2.87. The van der Waals surface area contributed by atoms with Crippen molar-refractivity contribution in [3.63, 3.8) is 0 Å². The van der Waals surface area contributed by atoms with Crippen LogP contribution in [-0.2, 0) is 6.42 Å². The zero-order chi connectivity index (χ0) is 14.8. The van der Waals surface area contributed by atoms with Crippen molar-refractivity contribution in [2.24, 2.45) is 0 Å². The maximum Gasteiger partial charge on any atom is 0.133 e. The number of rotatable bonds is 4. The molecule has 110 valence electrons. The van der Waals surface area contributed by atoms with Crippen molar-refractivity contribution in [1.29, 1.82) is 0 Å². The summed E-state index contributed by atoms with van der Waals surface area (Å²) in [5.41, 5.74) is 2.20. The largest absolute Gasteiger partial charge is 0.496 e. The summed E-state index contributed by atoms with van der Waals surface area (Å²) in [5.74, 6) is 1.75. The van der Waals surface area contributed by atoms with E-state index in [1.807, 2.05) is 36.4 Å². The van der Waals surface area contributed by atoms with E-state index in [4.69, 9.17) is 21.1 Å². The summed E-state index contributed by atoms with van der Waals surface area (Å²) in [6.45, 7) is 0.741. The Morgan fingerprint density at radius 3 is 2.95 bits per heavy atom. The highest BCUT2D eigenvalue weighted by molar-refractivity contribution is 9.10. The minimum absolute atomic E-state index is 0.124. The molecule has 1 atom stereocenters. The molecular weight excluding hydrogens is 354 g/mol. The lowest BCUT2D eigenvalue weighted by Gasteiger charge is -2.13. The lowest BCUT2D eigenvalue weighted by atomic mass is 10.1. The molecule has 0 saturated heterocycles. The van der Waals surface area contributed by atoms with E-state index < -0.39 is 0 Å². The van der Waals surface area contributed by atoms with E-state index in [2.05, 4.69) is 21.2 Å². The second kappa shape index (κ2) is 6.16. The maximum atomic E-state index is 6.00. The summed E-state index contributed by atoms with van der Waals surface area (Å²) < 4.78 is 12.0. The third kappa shape index (κ3) is 3.27. The molecule has 0 aliphatic carbocycles. The molecule has 3 nitrogen and oxygen atoms in total. The van der Waals surface area contributed by atoms with Gasteiger partial charge in [0.25, 0.3) is 0 Å². The standard InChI is InChI=1S/C16H15BrClNO2/c1-20-16-5-3-12(8-14(16)17)19-9-13-7-10-6-11(18)2-4-15(10)21-13/h2-6,8,13,19H,7,9H2,1H3. The molecule has 2 aromatic carbocycles. The minimum Gasteiger partial charge on any atom is -0.496 e. The summed E-state index contributed by atoms with van der Waals surface area (Å²) in [5, 5.41) is 4.14. The van der Waals surface area contributed by atoms with Crippen LogP contribution in [0.4, 0.5) is 5.69 Å². The molecular formula is C16H15BrClNO2. The number of fused-ring (bicyclic) bond motifs is 1. The number of nitrogens with one attached hydrogen (secondary N) is 1. The quantitative estimate of drug-likeness (QED) is 0.860. The molecule has 0 fully saturated rings. The van der Waals surface area contributed by atoms with Crippen LogP contribution in [0.1, 0.15) is 5.56 Å². The van der Waals surface area contributed by atoms with Crippen molar-refractivity contribution in [1.82, 2.24) is 0 Å². The lowest BCUT2D eigenvalue weighted by Crippen LogP contribution is -2.23. The highest BCUT2D eigenvalue weighted by Crippen LogP contribution is 2.32. The number of halogens is 2. The van der Waals surface area contributed by atoms with Crippen molar-refractivity contribution in [3.05, 3.63) is 51.5 Å². The molecule has 2 aromatic rings. The van der Waals surface area contributed by atoms with Crippen LogP contribution >= 0.6 is 27.5 Å². The first kappa shape index (κ1) is 14.5. The number of methoxy groups -OCH3 is 1. The zero-order valence-corrected chi connectivity index (χ0v) is 13.9. The third-order valence-corrected chi connectivity index (χ3v) is 4.30. The van der Waals surface area contributed by atoms with Crippen LogP contribution in [0.3, 0.4) is 0 Å². The van der Waals surface area contributed by atoms with Crippen molar-refractivity contribution in [2.75, 3.05) is 19.0 Å². The molecule has 1 N–H and O–H groups in total. The van der Waals surface area contributed by atoms with Gasteiger partial charge in [0, 0.05) is 17.1 Å². The average molecular weight is 369 g/mol. The van der Waals surface area contributed by atoms with Crippen molar-refractivity contribution < 1.29 is 9.47 Å². The minimum atomic E-state index is 0.124. The van der Waals surface area contributed by atoms with Gasteiger partial charge in [0.05, 0.1) is 18.1 Å². The third-order valence-electron chi connectivity index (χ3n) is 3.45. The van der Waals surface area contributed by atoms with Crippen molar-refractivity contribution in [3.8, 4) is 11.5 Å². The number of anilines is 1. The van der Waals surface area contributed by atoms with E-state index >= 15 is 0 Å². The SMILES string of the molecule is COc1ccc(NCC2Cc3cc(Cl)ccc3O2)cc1Br. The second-order valence-electron chi connectivity index (χ2n) is 4.93. The van der Waals surface area contributed by atoms with Crippen LogP contribution < -0.4 is 14.8 Å². The first-order valence-corrected chi connectivity index (χ1v) is 7.85. The number of hydrogen-bond donors (Lipinski definition) is 1. The van der Waals surface area contributed by atoms with E-state index in [1.54, 1.807) is 7.11 Å². The molecule has 0 radical (unpaired) electrons. The van der Waals surface area contributed by atoms with Crippen molar-refractivity contribution >= 4 is 33.2 Å². The van der Waals surface area contributed by atoms with Gasteiger partial charge >= 0.3 is 0 Å². The molecule has 0 bridgehead atoms. The van der Waals surface area contributed by atoms with E-state index in [1.165, 1.54) is 5.56 Å². The van der Waals surface area contributed by atoms with Crippen LogP contribution in [0, 0.1) is 0 Å². The van der Waals surface area contributed by atoms with Gasteiger partial charge in [0.2, 0.25) is 0 Å². The van der Waals surface area contributed by atoms with Gasteiger partial charge in [-0.1, -0.05) is 11.6 Å². The Morgan fingerprint density at radius 2 is 2.19 bits per heavy atom. The van der Waals surface area contributed by atoms with Gasteiger partial charge in [-0.3, -0.25) is 0 Å². The van der Waals surface area contributed by atoms with Gasteiger partial charge in [0.15, 0.2) is 0 Å². The second-order valence-corrected chi connectivity index (χ2v) is 6.22. The molecule has 1 unspecified atom stereocenters. The Kier molecular flexibility index (Phi) is 4.27. The van der Waals surface area contributed by atoms with Gasteiger partial charge in [0.1, 0.15) is 17.6 Å². The lowest BCUT2D eigenvalue weighted by molar-refractivity contribution is 0.246. The van der Waals surface area contributed by atoms with Crippen LogP contribution in [0.25, 0.3) is 0 Å². The first-order chi connectivity index (χ1) is 10.2. The summed E-state index contributed by atoms with van der Waals surface area (Å²) in [4.78, 5) is 0. The summed E-state index contributed by atoms with van der Waals surface area (Å²) in [6.07, 6.45) is 1.000. The number of ether oxygens (including phenoxy) is 2. The van der Waals surface area contributed by atoms with Crippen LogP contribution in [-0.4, -0.2) is 19.8 Å². The maximum absolute atomic E-state index is 6.00. The summed E-state index contributed by atoms with van der Waals surface area (Å²) in [6, 6.07) is 11.7. The number of hydrogen-bond acceptors (Lipinski definition) is 3. The van der Waals surface area contributed by atoms with E-state index in [-0.39, 0.29) is 6.10 Å². The topological polar surface area (TPSA) is 30.5 Å². The predicted molar refractivity (Wildman–Crippen MR) is 88.8 cm³/mol. The molecule has 3 rings (SSSR count). The van der Waals surface area contributed by atoms with Gasteiger partial charge in [-0.15, -0.1) is 0 Å². The Balaban J connectivity index is 1.61. The molecule has 21 heavy (non-hydrogen) atoms. The first-order valence-electron chi connectivity index (χ1n) is 6.68. The Morgan fingerprint density at radius 1 is 1.33 bits per heavy atom. The van der Waals surface area contributed by atoms with Gasteiger partial charge in [-0.2, -0.15) is 0 Å². The summed E-state index contributed by atoms with van der Waals surface area (Å²) in [7, 11) is 1.65. The van der Waals surface area contributed by atoms with Crippen LogP contribution in [0.15, 0.2) is 40.9 Å². The Labute approximate surface area is 137 Å². The van der Waals surface area contributed by atoms with E-state index in [0.717, 1.165) is 39.6 Å². The molecule has 1 aliphatic rings. The summed E-state index contributed by atoms with van der Waals surface area (Å²) >= 11 is 9.48. The van der Waals surface area contributed by atoms with Crippen LogP contribution in [0.5, 0.6) is 11.5 Å². The molecule has 5 heteroatoms. The highest BCUT2D eigenvalue weighted by atomic mass is 79.9. The molecule has 1 heterocycles. The highest BCUT2D eigenvalue weighted by Gasteiger charge is 2.22. The molecule has 0 saturated carbocycles. The fourth-order valence-corrected chi connectivity index (χ4v) is 3.15. The van der Waals surface area contributed by atoms with E-state index in [0.29, 0.717) is 0 Å². The van der Waals surface area contributed by atoms with Gasteiger partial charge < -0.3 is 14.8 Å². The fraction of sp³-hybridized carbons (Fsp3) is 0.250. The Hall–Kier alpha value is -1.39. The predicted octanol–water partition coefficient (Wildman–Crippen LogP) is 4.53. The molecule has 0 aromatic heterocycles. The smallest absolute Gasteiger partial charge is 0.133 e. The fourth-order valence-electron chi connectivity index (χ4n) is 2.41. The molecule has 1 aliphatic heterocycles. The molecule has 0 spiro atoms. The zero-order valence-electron chi connectivity index (χ0n) is 11.5. The van der Waals surface area contributed by atoms with Crippen LogP contribution in [0.2, 0.25) is 5.02 Å². The van der Waals surface area contributed by atoms with Crippen molar-refractivity contribution in [2.45, 2.75) is 12.5 Å². The normalized spacial score (nSPS) is 16.2. The molecule has 0 amide bonds. The Bertz CT molecular complexity index is 663. The monoisotopic (exact) mass is 367 g/mol. The number of benzene rings is 2. The van der Waals surface area contributed by atoms with Gasteiger partial charge in [-0.25, -0.2) is 0 Å².